The first-order valence-electron chi connectivity index (χ1n) is 6.05. The van der Waals surface area contributed by atoms with E-state index < -0.39 is 0 Å². The molecular formula is C12H23ClN2O. The van der Waals surface area contributed by atoms with E-state index in [1.165, 1.54) is 0 Å². The molecule has 0 saturated heterocycles. The van der Waals surface area contributed by atoms with Gasteiger partial charge in [-0.25, -0.2) is 0 Å². The van der Waals surface area contributed by atoms with Crippen molar-refractivity contribution in [2.24, 2.45) is 17.1 Å². The Kier molecular flexibility index (Phi) is 4.24. The van der Waals surface area contributed by atoms with Gasteiger partial charge < -0.3 is 11.1 Å². The van der Waals surface area contributed by atoms with Crippen LogP contribution in [0.25, 0.3) is 0 Å². The zero-order valence-corrected chi connectivity index (χ0v) is 11.0. The van der Waals surface area contributed by atoms with Gasteiger partial charge in [0, 0.05) is 18.0 Å². The predicted molar refractivity (Wildman–Crippen MR) is 67.5 cm³/mol. The highest BCUT2D eigenvalue weighted by Crippen LogP contribution is 2.51. The van der Waals surface area contributed by atoms with Gasteiger partial charge in [-0.1, -0.05) is 13.8 Å². The van der Waals surface area contributed by atoms with E-state index >= 15 is 0 Å². The minimum Gasteiger partial charge on any atom is -0.353 e. The van der Waals surface area contributed by atoms with Gasteiger partial charge >= 0.3 is 0 Å². The molecule has 0 aromatic rings. The lowest BCUT2D eigenvalue weighted by Gasteiger charge is -2.27. The summed E-state index contributed by atoms with van der Waals surface area (Å²) in [5.74, 6) is 0.495. The van der Waals surface area contributed by atoms with E-state index in [-0.39, 0.29) is 35.7 Å². The van der Waals surface area contributed by atoms with Gasteiger partial charge in [0.15, 0.2) is 0 Å². The lowest BCUT2D eigenvalue weighted by molar-refractivity contribution is -0.123. The van der Waals surface area contributed by atoms with Gasteiger partial charge in [0.25, 0.3) is 0 Å². The predicted octanol–water partition coefficient (Wildman–Crippen LogP) is 1.84. The van der Waals surface area contributed by atoms with Crippen molar-refractivity contribution in [1.82, 2.24) is 5.32 Å². The minimum absolute atomic E-state index is 0. The van der Waals surface area contributed by atoms with Crippen LogP contribution in [0.5, 0.6) is 0 Å². The molecule has 0 aromatic carbocycles. The monoisotopic (exact) mass is 246 g/mol. The molecule has 0 radical (unpaired) electrons. The Morgan fingerprint density at radius 2 is 2.00 bits per heavy atom. The van der Waals surface area contributed by atoms with Crippen LogP contribution in [0.3, 0.4) is 0 Å². The fourth-order valence-corrected chi connectivity index (χ4v) is 2.58. The van der Waals surface area contributed by atoms with E-state index in [0.717, 1.165) is 32.1 Å². The summed E-state index contributed by atoms with van der Waals surface area (Å²) in [7, 11) is 0. The largest absolute Gasteiger partial charge is 0.353 e. The number of amides is 1. The average molecular weight is 247 g/mol. The molecule has 2 rings (SSSR count). The van der Waals surface area contributed by atoms with Crippen molar-refractivity contribution in [3.63, 3.8) is 0 Å². The van der Waals surface area contributed by atoms with Gasteiger partial charge in [0.1, 0.15) is 0 Å². The second-order valence-corrected chi connectivity index (χ2v) is 5.88. The van der Waals surface area contributed by atoms with E-state index in [9.17, 15) is 4.79 Å². The van der Waals surface area contributed by atoms with Crippen molar-refractivity contribution in [3.05, 3.63) is 0 Å². The van der Waals surface area contributed by atoms with Gasteiger partial charge in [0.2, 0.25) is 5.91 Å². The van der Waals surface area contributed by atoms with Crippen LogP contribution in [0, 0.1) is 11.3 Å². The molecule has 0 spiro atoms. The third-order valence-electron chi connectivity index (χ3n) is 3.89. The van der Waals surface area contributed by atoms with Crippen LogP contribution in [-0.4, -0.2) is 18.0 Å². The van der Waals surface area contributed by atoms with E-state index in [1.807, 2.05) is 0 Å². The molecule has 94 valence electrons. The lowest BCUT2D eigenvalue weighted by Crippen LogP contribution is -2.43. The van der Waals surface area contributed by atoms with E-state index in [2.05, 4.69) is 19.2 Å². The second-order valence-electron chi connectivity index (χ2n) is 5.88. The maximum absolute atomic E-state index is 11.8. The summed E-state index contributed by atoms with van der Waals surface area (Å²) in [5, 5.41) is 3.15. The summed E-state index contributed by atoms with van der Waals surface area (Å²) in [5.41, 5.74) is 6.13. The number of rotatable bonds is 2. The number of hydrogen-bond acceptors (Lipinski definition) is 2. The van der Waals surface area contributed by atoms with Gasteiger partial charge in [-0.2, -0.15) is 0 Å². The van der Waals surface area contributed by atoms with Gasteiger partial charge in [0.05, 0.1) is 0 Å². The average Bonchev–Trinajstić information content (AvgIpc) is 2.75. The molecule has 2 aliphatic rings. The molecule has 3 nitrogen and oxygen atoms in total. The number of carbonyl (C=O) groups excluding carboxylic acids is 1. The number of hydrogen-bond donors (Lipinski definition) is 2. The molecule has 0 heterocycles. The van der Waals surface area contributed by atoms with Crippen molar-refractivity contribution in [2.45, 2.75) is 58.0 Å². The van der Waals surface area contributed by atoms with Crippen LogP contribution in [0.4, 0.5) is 0 Å². The molecule has 16 heavy (non-hydrogen) atoms. The van der Waals surface area contributed by atoms with Gasteiger partial charge in [-0.05, 0) is 37.5 Å². The summed E-state index contributed by atoms with van der Waals surface area (Å²) in [4.78, 5) is 11.8. The van der Waals surface area contributed by atoms with Gasteiger partial charge in [-0.3, -0.25) is 4.79 Å². The van der Waals surface area contributed by atoms with E-state index in [1.54, 1.807) is 0 Å². The molecule has 0 bridgehead atoms. The van der Waals surface area contributed by atoms with Crippen LogP contribution in [-0.2, 0) is 4.79 Å². The van der Waals surface area contributed by atoms with Crippen LogP contribution < -0.4 is 11.1 Å². The highest BCUT2D eigenvalue weighted by atomic mass is 35.5. The Morgan fingerprint density at radius 1 is 1.38 bits per heavy atom. The Labute approximate surface area is 104 Å². The summed E-state index contributed by atoms with van der Waals surface area (Å²) in [6.07, 6.45) is 5.37. The lowest BCUT2D eigenvalue weighted by atomic mass is 9.91. The molecular weight excluding hydrogens is 224 g/mol. The first-order valence-corrected chi connectivity index (χ1v) is 6.05. The summed E-state index contributed by atoms with van der Waals surface area (Å²) >= 11 is 0. The number of nitrogens with one attached hydrogen (secondary N) is 1. The molecule has 2 fully saturated rings. The minimum atomic E-state index is 0. The normalized spacial score (nSPS) is 36.1. The maximum atomic E-state index is 11.8. The molecule has 4 heteroatoms. The zero-order valence-electron chi connectivity index (χ0n) is 10.2. The van der Waals surface area contributed by atoms with Crippen molar-refractivity contribution < 1.29 is 4.79 Å². The molecule has 3 atom stereocenters. The standard InChI is InChI=1S/C12H22N2O.ClH/c1-12(2)7-10(12)11(15)14-9-5-3-4-8(13)6-9;/h8-10H,3-7,13H2,1-2H3,(H,14,15);1H. The van der Waals surface area contributed by atoms with Crippen LogP contribution >= 0.6 is 12.4 Å². The van der Waals surface area contributed by atoms with Crippen LogP contribution in [0.2, 0.25) is 0 Å². The van der Waals surface area contributed by atoms with Crippen molar-refractivity contribution in [3.8, 4) is 0 Å². The topological polar surface area (TPSA) is 55.1 Å². The highest BCUT2D eigenvalue weighted by molar-refractivity contribution is 5.85. The summed E-state index contributed by atoms with van der Waals surface area (Å²) in [6, 6.07) is 0.619. The Balaban J connectivity index is 0.00000128. The number of halogens is 1. The Hall–Kier alpha value is -0.280. The van der Waals surface area contributed by atoms with Crippen molar-refractivity contribution in [1.29, 1.82) is 0 Å². The SMILES string of the molecule is CC1(C)CC1C(=O)NC1CCCC(N)C1.Cl. The molecule has 0 aliphatic heterocycles. The molecule has 1 amide bonds. The molecule has 3 unspecified atom stereocenters. The molecule has 2 saturated carbocycles. The van der Waals surface area contributed by atoms with E-state index in [0.29, 0.717) is 6.04 Å². The van der Waals surface area contributed by atoms with Crippen LogP contribution in [0.15, 0.2) is 0 Å². The third-order valence-corrected chi connectivity index (χ3v) is 3.89. The second kappa shape index (κ2) is 4.92. The van der Waals surface area contributed by atoms with Crippen molar-refractivity contribution >= 4 is 18.3 Å². The quantitative estimate of drug-likeness (QED) is 0.781. The molecule has 0 aromatic heterocycles. The Bertz CT molecular complexity index is 268. The fraction of sp³-hybridized carbons (Fsp3) is 0.917. The molecule has 3 N–H and O–H groups in total. The third kappa shape index (κ3) is 3.11. The maximum Gasteiger partial charge on any atom is 0.223 e. The zero-order chi connectivity index (χ0) is 11.1. The highest BCUT2D eigenvalue weighted by Gasteiger charge is 2.50. The fourth-order valence-electron chi connectivity index (χ4n) is 2.58. The van der Waals surface area contributed by atoms with Crippen molar-refractivity contribution in [2.75, 3.05) is 0 Å². The van der Waals surface area contributed by atoms with E-state index in [4.69, 9.17) is 5.73 Å². The smallest absolute Gasteiger partial charge is 0.223 e. The number of carbonyl (C=O) groups is 1. The Morgan fingerprint density at radius 3 is 2.50 bits per heavy atom. The van der Waals surface area contributed by atoms with Gasteiger partial charge in [-0.15, -0.1) is 12.4 Å². The number of nitrogens with two attached hydrogens (primary N) is 1. The van der Waals surface area contributed by atoms with Crippen LogP contribution in [0.1, 0.15) is 46.0 Å². The molecule has 2 aliphatic carbocycles. The summed E-state index contributed by atoms with van der Waals surface area (Å²) < 4.78 is 0. The first-order chi connectivity index (χ1) is 6.99. The first kappa shape index (κ1) is 13.8. The summed E-state index contributed by atoms with van der Waals surface area (Å²) in [6.45, 7) is 4.31.